The Morgan fingerprint density at radius 2 is 2.38 bits per heavy atom. The van der Waals surface area contributed by atoms with Crippen molar-refractivity contribution in [3.05, 3.63) is 0 Å². The van der Waals surface area contributed by atoms with Crippen LogP contribution in [0.15, 0.2) is 9.63 Å². The van der Waals surface area contributed by atoms with E-state index in [9.17, 15) is 8.76 Å². The average molecular weight is 152 g/mol. The van der Waals surface area contributed by atoms with Crippen LogP contribution in [0.1, 0.15) is 0 Å². The highest BCUT2D eigenvalue weighted by Gasteiger charge is 1.75. The van der Waals surface area contributed by atoms with E-state index in [0.29, 0.717) is 0 Å². The van der Waals surface area contributed by atoms with Crippen molar-refractivity contribution >= 4 is 28.6 Å². The maximum atomic E-state index is 9.53. The number of hydrogen-bond acceptors (Lipinski definition) is 3. The van der Waals surface area contributed by atoms with Gasteiger partial charge in [-0.25, -0.2) is 4.21 Å². The topological polar surface area (TPSA) is 90.9 Å². The molecule has 2 N–H and O–H groups in total. The minimum Gasteiger partial charge on any atom is -0.752 e. The third-order valence-corrected chi connectivity index (χ3v) is 0.503. The lowest BCUT2D eigenvalue weighted by Crippen LogP contribution is -2.02. The van der Waals surface area contributed by atoms with Gasteiger partial charge in [-0.1, -0.05) is 4.52 Å². The van der Waals surface area contributed by atoms with Crippen molar-refractivity contribution in [2.45, 2.75) is 0 Å². The van der Waals surface area contributed by atoms with Gasteiger partial charge < -0.3 is 10.3 Å². The first-order chi connectivity index (χ1) is 3.63. The molecular formula is CH2N3O2S2-. The monoisotopic (exact) mass is 152 g/mol. The predicted octanol–water partition coefficient (Wildman–Crippen LogP) is -0.524. The molecule has 0 aliphatic heterocycles. The maximum Gasteiger partial charge on any atom is 0.211 e. The highest BCUT2D eigenvalue weighted by Crippen LogP contribution is 1.77. The molecule has 0 spiro atoms. The summed E-state index contributed by atoms with van der Waals surface area (Å²) >= 11 is 1.61. The van der Waals surface area contributed by atoms with Crippen LogP contribution >= 0.6 is 12.2 Å². The van der Waals surface area contributed by atoms with Gasteiger partial charge in [-0.3, -0.25) is 0 Å². The molecule has 7 heteroatoms. The van der Waals surface area contributed by atoms with E-state index in [1.54, 1.807) is 0 Å². The van der Waals surface area contributed by atoms with Crippen LogP contribution in [0.25, 0.3) is 0 Å². The summed E-state index contributed by atoms with van der Waals surface area (Å²) in [5.74, 6) is 0. The first kappa shape index (κ1) is 7.60. The molecule has 0 aromatic rings. The normalized spacial score (nSPS) is 14.1. The van der Waals surface area contributed by atoms with Crippen molar-refractivity contribution in [2.24, 2.45) is 15.4 Å². The zero-order valence-corrected chi connectivity index (χ0v) is 5.24. The Bertz CT molecular complexity index is 126. The van der Waals surface area contributed by atoms with Gasteiger partial charge in [0.2, 0.25) is 5.11 Å². The molecule has 1 atom stereocenters. The fourth-order valence-electron chi connectivity index (χ4n) is 0.0736. The standard InChI is InChI=1S/CH3N3O2S2/c2-1(7)3-4-8(5)6/h(H2,2,7)(H,5,6)/p-1. The SMILES string of the molecule is NC(=S)N=NS(=O)[O-]. The van der Waals surface area contributed by atoms with Crippen LogP contribution in [0.5, 0.6) is 0 Å². The van der Waals surface area contributed by atoms with Crippen LogP contribution < -0.4 is 5.73 Å². The number of hydrogen-bond donors (Lipinski definition) is 1. The van der Waals surface area contributed by atoms with E-state index < -0.39 is 11.3 Å². The highest BCUT2D eigenvalue weighted by atomic mass is 32.2. The molecule has 0 saturated heterocycles. The third-order valence-electron chi connectivity index (χ3n) is 0.206. The molecule has 46 valence electrons. The van der Waals surface area contributed by atoms with Crippen LogP contribution in [0, 0.1) is 0 Å². The van der Waals surface area contributed by atoms with Gasteiger partial charge in [-0.2, -0.15) is 0 Å². The lowest BCUT2D eigenvalue weighted by Gasteiger charge is -1.89. The van der Waals surface area contributed by atoms with E-state index in [4.69, 9.17) is 5.73 Å². The molecule has 1 unspecified atom stereocenters. The molecule has 0 aliphatic rings. The van der Waals surface area contributed by atoms with Crippen LogP contribution in [-0.4, -0.2) is 13.9 Å². The van der Waals surface area contributed by atoms with Gasteiger partial charge in [-0.15, -0.1) is 5.11 Å². The molecule has 0 bridgehead atoms. The zero-order valence-electron chi connectivity index (χ0n) is 3.60. The summed E-state index contributed by atoms with van der Waals surface area (Å²) in [4.78, 5) is 0. The first-order valence-electron chi connectivity index (χ1n) is 1.43. The Morgan fingerprint density at radius 1 is 1.88 bits per heavy atom. The maximum absolute atomic E-state index is 9.53. The van der Waals surface area contributed by atoms with E-state index in [2.05, 4.69) is 21.9 Å². The summed E-state index contributed by atoms with van der Waals surface area (Å²) in [5, 5.41) is 2.55. The Labute approximate surface area is 53.4 Å². The average Bonchev–Trinajstić information content (AvgIpc) is 1.61. The number of thiocarbonyl (C=S) groups is 1. The minimum atomic E-state index is -2.55. The van der Waals surface area contributed by atoms with Crippen molar-refractivity contribution in [3.63, 3.8) is 0 Å². The molecule has 0 heterocycles. The second kappa shape index (κ2) is 3.58. The molecular weight excluding hydrogens is 150 g/mol. The molecule has 0 radical (unpaired) electrons. The Morgan fingerprint density at radius 3 is 2.50 bits per heavy atom. The van der Waals surface area contributed by atoms with E-state index in [-0.39, 0.29) is 5.11 Å². The largest absolute Gasteiger partial charge is 0.752 e. The molecule has 8 heavy (non-hydrogen) atoms. The van der Waals surface area contributed by atoms with Crippen molar-refractivity contribution in [3.8, 4) is 0 Å². The van der Waals surface area contributed by atoms with Gasteiger partial charge in [0.25, 0.3) is 0 Å². The van der Waals surface area contributed by atoms with Crippen LogP contribution in [0.2, 0.25) is 0 Å². The third kappa shape index (κ3) is 5.60. The Balaban J connectivity index is 3.67. The van der Waals surface area contributed by atoms with Crippen molar-refractivity contribution in [1.29, 1.82) is 0 Å². The van der Waals surface area contributed by atoms with Crippen LogP contribution in [-0.2, 0) is 11.3 Å². The first-order valence-corrected chi connectivity index (χ1v) is 2.87. The molecule has 5 nitrogen and oxygen atoms in total. The molecule has 0 aliphatic carbocycles. The summed E-state index contributed by atoms with van der Waals surface area (Å²) in [6.07, 6.45) is 0. The highest BCUT2D eigenvalue weighted by molar-refractivity contribution is 7.80. The summed E-state index contributed by atoms with van der Waals surface area (Å²) < 4.78 is 21.7. The number of rotatable bonds is 1. The predicted molar refractivity (Wildman–Crippen MR) is 30.6 cm³/mol. The second-order valence-corrected chi connectivity index (χ2v) is 1.75. The van der Waals surface area contributed by atoms with Gasteiger partial charge in [0.05, 0.1) is 11.3 Å². The van der Waals surface area contributed by atoms with Gasteiger partial charge in [0.1, 0.15) is 0 Å². The molecule has 0 aromatic heterocycles. The molecule has 0 amide bonds. The smallest absolute Gasteiger partial charge is 0.211 e. The fraction of sp³-hybridized carbons (Fsp3) is 0. The number of nitrogens with two attached hydrogens (primary N) is 1. The summed E-state index contributed by atoms with van der Waals surface area (Å²) in [7, 11) is 0. The van der Waals surface area contributed by atoms with Crippen LogP contribution in [0.3, 0.4) is 0 Å². The van der Waals surface area contributed by atoms with Crippen molar-refractivity contribution < 1.29 is 8.76 Å². The van der Waals surface area contributed by atoms with E-state index in [0.717, 1.165) is 0 Å². The quantitative estimate of drug-likeness (QED) is 0.311. The molecule has 0 aromatic carbocycles. The molecule has 0 rings (SSSR count). The summed E-state index contributed by atoms with van der Waals surface area (Å²) in [6, 6.07) is 0. The molecule has 0 fully saturated rings. The number of nitrogens with zero attached hydrogens (tertiary/aromatic N) is 2. The van der Waals surface area contributed by atoms with Crippen molar-refractivity contribution in [1.82, 2.24) is 0 Å². The van der Waals surface area contributed by atoms with E-state index >= 15 is 0 Å². The van der Waals surface area contributed by atoms with Gasteiger partial charge >= 0.3 is 0 Å². The summed E-state index contributed by atoms with van der Waals surface area (Å²) in [6.45, 7) is 0. The van der Waals surface area contributed by atoms with E-state index in [1.165, 1.54) is 0 Å². The lowest BCUT2D eigenvalue weighted by atomic mass is 11.2. The van der Waals surface area contributed by atoms with Crippen molar-refractivity contribution in [2.75, 3.05) is 0 Å². The van der Waals surface area contributed by atoms with E-state index in [1.807, 2.05) is 0 Å². The zero-order chi connectivity index (χ0) is 6.57. The minimum absolute atomic E-state index is 0.297. The summed E-state index contributed by atoms with van der Waals surface area (Å²) in [5.41, 5.74) is 4.74. The lowest BCUT2D eigenvalue weighted by molar-refractivity contribution is 0.537. The van der Waals surface area contributed by atoms with Gasteiger partial charge in [-0.05, 0) is 12.2 Å². The van der Waals surface area contributed by atoms with Gasteiger partial charge in [0, 0.05) is 0 Å². The Hall–Kier alpha value is -0.400. The van der Waals surface area contributed by atoms with Crippen LogP contribution in [0.4, 0.5) is 0 Å². The van der Waals surface area contributed by atoms with Gasteiger partial charge in [0.15, 0.2) is 0 Å². The second-order valence-electron chi connectivity index (χ2n) is 0.737. The molecule has 0 saturated carbocycles. The fourth-order valence-corrected chi connectivity index (χ4v) is 0.321. The Kier molecular flexibility index (Phi) is 3.40.